The highest BCUT2D eigenvalue weighted by Crippen LogP contribution is 2.24. The second kappa shape index (κ2) is 8.90. The van der Waals surface area contributed by atoms with E-state index in [9.17, 15) is 19.2 Å². The Kier molecular flexibility index (Phi) is 6.17. The molecule has 7 heteroatoms. The Morgan fingerprint density at radius 1 is 0.606 bits per heavy atom. The van der Waals surface area contributed by atoms with Crippen LogP contribution in [0.2, 0.25) is 0 Å². The number of carbonyl (C=O) groups is 4. The summed E-state index contributed by atoms with van der Waals surface area (Å²) in [5.74, 6) is -1.09. The van der Waals surface area contributed by atoms with Gasteiger partial charge in [-0.05, 0) is 42.6 Å². The molecular weight excluding hydrogens is 418 g/mol. The summed E-state index contributed by atoms with van der Waals surface area (Å²) < 4.78 is 0. The van der Waals surface area contributed by atoms with Crippen LogP contribution >= 0.6 is 0 Å². The number of rotatable bonds is 8. The van der Waals surface area contributed by atoms with E-state index in [4.69, 9.17) is 0 Å². The van der Waals surface area contributed by atoms with Crippen molar-refractivity contribution in [2.45, 2.75) is 27.2 Å². The van der Waals surface area contributed by atoms with Crippen LogP contribution in [0.5, 0.6) is 0 Å². The van der Waals surface area contributed by atoms with Gasteiger partial charge in [0, 0.05) is 26.2 Å². The zero-order chi connectivity index (χ0) is 23.8. The summed E-state index contributed by atoms with van der Waals surface area (Å²) in [5, 5.41) is 0. The van der Waals surface area contributed by atoms with Crippen molar-refractivity contribution in [3.8, 4) is 0 Å². The van der Waals surface area contributed by atoms with Gasteiger partial charge >= 0.3 is 0 Å². The van der Waals surface area contributed by atoms with Gasteiger partial charge in [0.05, 0.1) is 22.3 Å². The third-order valence-electron chi connectivity index (χ3n) is 6.21. The number of imide groups is 2. The number of fused-ring (bicyclic) bond motifs is 2. The van der Waals surface area contributed by atoms with Crippen LogP contribution in [0.15, 0.2) is 48.5 Å². The zero-order valence-electron chi connectivity index (χ0n) is 19.3. The van der Waals surface area contributed by atoms with Crippen LogP contribution in [0.1, 0.15) is 68.6 Å². The highest BCUT2D eigenvalue weighted by molar-refractivity contribution is 6.22. The van der Waals surface area contributed by atoms with Crippen molar-refractivity contribution in [1.29, 1.82) is 0 Å². The zero-order valence-corrected chi connectivity index (χ0v) is 19.3. The van der Waals surface area contributed by atoms with Crippen LogP contribution in [0, 0.1) is 5.41 Å². The minimum absolute atomic E-state index is 0.100. The molecule has 7 nitrogen and oxygen atoms in total. The van der Waals surface area contributed by atoms with Crippen LogP contribution in [-0.2, 0) is 0 Å². The molecule has 0 saturated carbocycles. The fourth-order valence-electron chi connectivity index (χ4n) is 4.20. The van der Waals surface area contributed by atoms with Crippen LogP contribution < -0.4 is 0 Å². The summed E-state index contributed by atoms with van der Waals surface area (Å²) in [6.45, 7) is 8.67. The molecule has 4 amide bonds. The molecule has 0 aromatic heterocycles. The van der Waals surface area contributed by atoms with E-state index in [1.165, 1.54) is 9.80 Å². The van der Waals surface area contributed by atoms with Crippen molar-refractivity contribution in [1.82, 2.24) is 14.7 Å². The highest BCUT2D eigenvalue weighted by atomic mass is 16.2. The predicted octanol–water partition coefficient (Wildman–Crippen LogP) is 3.32. The van der Waals surface area contributed by atoms with Crippen molar-refractivity contribution in [3.05, 3.63) is 70.8 Å². The fraction of sp³-hybridized carbons (Fsp3) is 0.385. The first kappa shape index (κ1) is 22.9. The summed E-state index contributed by atoms with van der Waals surface area (Å²) in [6, 6.07) is 13.7. The summed E-state index contributed by atoms with van der Waals surface area (Å²) in [4.78, 5) is 55.5. The predicted molar refractivity (Wildman–Crippen MR) is 124 cm³/mol. The Bertz CT molecular complexity index is 969. The molecule has 2 aliphatic rings. The van der Waals surface area contributed by atoms with Crippen LogP contribution in [0.4, 0.5) is 0 Å². The van der Waals surface area contributed by atoms with Crippen molar-refractivity contribution < 1.29 is 19.2 Å². The fourth-order valence-corrected chi connectivity index (χ4v) is 4.20. The maximum atomic E-state index is 12.7. The lowest BCUT2D eigenvalue weighted by molar-refractivity contribution is 0.0616. The maximum absolute atomic E-state index is 12.7. The lowest BCUT2D eigenvalue weighted by Crippen LogP contribution is -2.43. The van der Waals surface area contributed by atoms with Gasteiger partial charge in [0.25, 0.3) is 23.6 Å². The first-order chi connectivity index (χ1) is 15.7. The number of carbonyl (C=O) groups excluding carboxylic acids is 4. The van der Waals surface area contributed by atoms with Crippen molar-refractivity contribution in [3.63, 3.8) is 0 Å². The molecule has 33 heavy (non-hydrogen) atoms. The Labute approximate surface area is 194 Å². The molecule has 0 atom stereocenters. The van der Waals surface area contributed by atoms with Crippen molar-refractivity contribution in [2.24, 2.45) is 5.41 Å². The van der Waals surface area contributed by atoms with E-state index in [0.29, 0.717) is 35.3 Å². The first-order valence-corrected chi connectivity index (χ1v) is 11.3. The van der Waals surface area contributed by atoms with Gasteiger partial charge in [-0.15, -0.1) is 0 Å². The molecule has 0 aliphatic carbocycles. The quantitative estimate of drug-likeness (QED) is 0.580. The summed E-state index contributed by atoms with van der Waals surface area (Å²) in [7, 11) is 0. The van der Waals surface area contributed by atoms with Gasteiger partial charge in [0.15, 0.2) is 0 Å². The minimum Gasteiger partial charge on any atom is -0.300 e. The number of amides is 4. The summed E-state index contributed by atoms with van der Waals surface area (Å²) in [5.41, 5.74) is 1.86. The molecule has 4 rings (SSSR count). The monoisotopic (exact) mass is 447 g/mol. The molecule has 0 spiro atoms. The molecule has 2 aliphatic heterocycles. The lowest BCUT2D eigenvalue weighted by Gasteiger charge is -2.29. The SMILES string of the molecule is CC(C)(C)CCN(CCN1C(=O)c2ccccc2C1=O)CCN1C(=O)c2ccccc2C1=O. The first-order valence-electron chi connectivity index (χ1n) is 11.3. The van der Waals surface area contributed by atoms with Gasteiger partial charge in [-0.2, -0.15) is 0 Å². The lowest BCUT2D eigenvalue weighted by atomic mass is 9.92. The third kappa shape index (κ3) is 4.59. The van der Waals surface area contributed by atoms with Gasteiger partial charge in [0.2, 0.25) is 0 Å². The molecule has 0 saturated heterocycles. The van der Waals surface area contributed by atoms with Gasteiger partial charge in [-0.25, -0.2) is 0 Å². The molecule has 0 radical (unpaired) electrons. The van der Waals surface area contributed by atoms with E-state index in [1.54, 1.807) is 48.5 Å². The van der Waals surface area contributed by atoms with Gasteiger partial charge in [0.1, 0.15) is 0 Å². The molecule has 0 bridgehead atoms. The molecule has 172 valence electrons. The Hall–Kier alpha value is -3.32. The molecule has 2 aromatic rings. The van der Waals surface area contributed by atoms with E-state index in [-0.39, 0.29) is 42.1 Å². The minimum atomic E-state index is -0.272. The van der Waals surface area contributed by atoms with E-state index >= 15 is 0 Å². The van der Waals surface area contributed by atoms with Crippen LogP contribution in [0.25, 0.3) is 0 Å². The van der Waals surface area contributed by atoms with E-state index in [1.807, 2.05) is 0 Å². The smallest absolute Gasteiger partial charge is 0.261 e. The molecular formula is C26H29N3O4. The number of hydrogen-bond acceptors (Lipinski definition) is 5. The Morgan fingerprint density at radius 2 is 0.939 bits per heavy atom. The Balaban J connectivity index is 1.42. The van der Waals surface area contributed by atoms with Crippen molar-refractivity contribution in [2.75, 3.05) is 32.7 Å². The van der Waals surface area contributed by atoms with Crippen LogP contribution in [-0.4, -0.2) is 71.1 Å². The molecule has 0 N–H and O–H groups in total. The van der Waals surface area contributed by atoms with E-state index < -0.39 is 0 Å². The standard InChI is InChI=1S/C26H29N3O4/c1-26(2,3)12-13-27(14-16-28-22(30)18-8-4-5-9-19(18)23(28)31)15-17-29-24(32)20-10-6-7-11-21(20)25(29)33/h4-11H,12-17H2,1-3H3. The number of nitrogens with zero attached hydrogens (tertiary/aromatic N) is 3. The summed E-state index contributed by atoms with van der Waals surface area (Å²) >= 11 is 0. The maximum Gasteiger partial charge on any atom is 0.261 e. The molecule has 2 aromatic carbocycles. The molecule has 0 unspecified atom stereocenters. The van der Waals surface area contributed by atoms with Crippen molar-refractivity contribution >= 4 is 23.6 Å². The second-order valence-electron chi connectivity index (χ2n) is 9.77. The third-order valence-corrected chi connectivity index (χ3v) is 6.21. The largest absolute Gasteiger partial charge is 0.300 e. The van der Waals surface area contributed by atoms with Gasteiger partial charge in [-0.1, -0.05) is 45.0 Å². The highest BCUT2D eigenvalue weighted by Gasteiger charge is 2.36. The average molecular weight is 448 g/mol. The van der Waals surface area contributed by atoms with E-state index in [2.05, 4.69) is 25.7 Å². The second-order valence-corrected chi connectivity index (χ2v) is 9.77. The average Bonchev–Trinajstić information content (AvgIpc) is 3.18. The normalized spacial score (nSPS) is 15.6. The molecule has 0 fully saturated rings. The number of benzene rings is 2. The molecule has 2 heterocycles. The van der Waals surface area contributed by atoms with E-state index in [0.717, 1.165) is 13.0 Å². The van der Waals surface area contributed by atoms with Crippen LogP contribution in [0.3, 0.4) is 0 Å². The number of hydrogen-bond donors (Lipinski definition) is 0. The Morgan fingerprint density at radius 3 is 1.24 bits per heavy atom. The summed E-state index contributed by atoms with van der Waals surface area (Å²) in [6.07, 6.45) is 0.900. The van der Waals surface area contributed by atoms with Gasteiger partial charge in [-0.3, -0.25) is 33.9 Å². The van der Waals surface area contributed by atoms with Gasteiger partial charge < -0.3 is 0 Å². The topological polar surface area (TPSA) is 78.0 Å².